The molecule has 1 aromatic carbocycles. The number of nitrogens with one attached hydrogen (secondary N) is 1. The molecule has 0 aromatic heterocycles. The van der Waals surface area contributed by atoms with Gasteiger partial charge in [0.1, 0.15) is 5.82 Å². The number of halogens is 1. The molecule has 3 N–H and O–H groups in total. The molecule has 1 saturated heterocycles. The van der Waals surface area contributed by atoms with Crippen molar-refractivity contribution in [3.63, 3.8) is 0 Å². The zero-order valence-corrected chi connectivity index (χ0v) is 13.7. The van der Waals surface area contributed by atoms with E-state index < -0.39 is 15.8 Å². The van der Waals surface area contributed by atoms with E-state index in [0.29, 0.717) is 12.2 Å². The van der Waals surface area contributed by atoms with Crippen LogP contribution in [0.15, 0.2) is 24.3 Å². The van der Waals surface area contributed by atoms with Crippen LogP contribution in [0.2, 0.25) is 0 Å². The van der Waals surface area contributed by atoms with E-state index in [1.807, 2.05) is 4.90 Å². The predicted molar refractivity (Wildman–Crippen MR) is 86.8 cm³/mol. The van der Waals surface area contributed by atoms with Crippen LogP contribution in [0.5, 0.6) is 0 Å². The minimum absolute atomic E-state index is 0.0848. The largest absolute Gasteiger partial charge is 0.326 e. The third-order valence-electron chi connectivity index (χ3n) is 3.91. The average molecular weight is 343 g/mol. The maximum atomic E-state index is 13.1. The Morgan fingerprint density at radius 3 is 2.87 bits per heavy atom. The molecule has 1 amide bonds. The Morgan fingerprint density at radius 2 is 2.17 bits per heavy atom. The van der Waals surface area contributed by atoms with Crippen LogP contribution in [-0.4, -0.2) is 44.1 Å². The van der Waals surface area contributed by atoms with E-state index in [1.165, 1.54) is 18.2 Å². The number of carbonyl (C=O) groups is 1. The van der Waals surface area contributed by atoms with Gasteiger partial charge in [-0.2, -0.15) is 0 Å². The van der Waals surface area contributed by atoms with Crippen LogP contribution in [0.25, 0.3) is 0 Å². The molecule has 0 saturated carbocycles. The molecule has 1 aromatic rings. The van der Waals surface area contributed by atoms with Gasteiger partial charge in [-0.05, 0) is 37.6 Å². The van der Waals surface area contributed by atoms with Crippen molar-refractivity contribution in [1.82, 2.24) is 4.90 Å². The van der Waals surface area contributed by atoms with Crippen molar-refractivity contribution in [3.05, 3.63) is 30.1 Å². The number of primary sulfonamides is 1. The van der Waals surface area contributed by atoms with Crippen molar-refractivity contribution in [3.8, 4) is 0 Å². The lowest BCUT2D eigenvalue weighted by molar-refractivity contribution is -0.116. The highest BCUT2D eigenvalue weighted by Gasteiger charge is 2.26. The van der Waals surface area contributed by atoms with Crippen LogP contribution in [0, 0.1) is 5.82 Å². The molecule has 0 radical (unpaired) electrons. The number of nitrogens with zero attached hydrogens (tertiary/aromatic N) is 1. The summed E-state index contributed by atoms with van der Waals surface area (Å²) >= 11 is 0. The summed E-state index contributed by atoms with van der Waals surface area (Å²) in [4.78, 5) is 14.0. The summed E-state index contributed by atoms with van der Waals surface area (Å²) in [7, 11) is -3.53. The van der Waals surface area contributed by atoms with Crippen molar-refractivity contribution in [2.75, 3.05) is 24.2 Å². The Morgan fingerprint density at radius 1 is 1.39 bits per heavy atom. The van der Waals surface area contributed by atoms with Crippen molar-refractivity contribution in [1.29, 1.82) is 0 Å². The first-order chi connectivity index (χ1) is 10.8. The number of benzene rings is 1. The number of piperidine rings is 1. The van der Waals surface area contributed by atoms with E-state index in [0.717, 1.165) is 25.8 Å². The third-order valence-corrected chi connectivity index (χ3v) is 4.76. The quantitative estimate of drug-likeness (QED) is 0.814. The molecule has 23 heavy (non-hydrogen) atoms. The Bertz CT molecular complexity index is 651. The summed E-state index contributed by atoms with van der Waals surface area (Å²) in [6, 6.07) is 5.56. The summed E-state index contributed by atoms with van der Waals surface area (Å²) in [5.41, 5.74) is 0.412. The molecule has 6 nitrogen and oxygen atoms in total. The van der Waals surface area contributed by atoms with Crippen LogP contribution >= 0.6 is 0 Å². The molecular weight excluding hydrogens is 321 g/mol. The molecule has 128 valence electrons. The van der Waals surface area contributed by atoms with Crippen LogP contribution in [0.1, 0.15) is 25.7 Å². The predicted octanol–water partition coefficient (Wildman–Crippen LogP) is 1.30. The fraction of sp³-hybridized carbons (Fsp3) is 0.533. The molecule has 1 atom stereocenters. The van der Waals surface area contributed by atoms with E-state index >= 15 is 0 Å². The number of rotatable bonds is 6. The SMILES string of the molecule is NS(=O)(=O)CC1CCCCN1CCC(=O)Nc1cccc(F)c1. The molecule has 0 spiro atoms. The monoisotopic (exact) mass is 343 g/mol. The van der Waals surface area contributed by atoms with Gasteiger partial charge in [0.05, 0.1) is 5.75 Å². The Kier molecular flexibility index (Phi) is 6.09. The smallest absolute Gasteiger partial charge is 0.225 e. The van der Waals surface area contributed by atoms with E-state index in [9.17, 15) is 17.6 Å². The van der Waals surface area contributed by atoms with Crippen molar-refractivity contribution >= 4 is 21.6 Å². The highest BCUT2D eigenvalue weighted by molar-refractivity contribution is 7.89. The summed E-state index contributed by atoms with van der Waals surface area (Å²) in [5, 5.41) is 7.77. The summed E-state index contributed by atoms with van der Waals surface area (Å²) in [6.07, 6.45) is 2.93. The second-order valence-electron chi connectivity index (χ2n) is 5.82. The first kappa shape index (κ1) is 17.8. The number of likely N-dealkylation sites (tertiary alicyclic amines) is 1. The van der Waals surface area contributed by atoms with Crippen LogP contribution in [0.3, 0.4) is 0 Å². The number of nitrogens with two attached hydrogens (primary N) is 1. The molecule has 0 bridgehead atoms. The summed E-state index contributed by atoms with van der Waals surface area (Å²) < 4.78 is 35.7. The fourth-order valence-electron chi connectivity index (χ4n) is 2.85. The Labute approximate surface area is 135 Å². The van der Waals surface area contributed by atoms with E-state index in [4.69, 9.17) is 5.14 Å². The van der Waals surface area contributed by atoms with Crippen LogP contribution in [-0.2, 0) is 14.8 Å². The number of hydrogen-bond donors (Lipinski definition) is 2. The maximum Gasteiger partial charge on any atom is 0.225 e. The second kappa shape index (κ2) is 7.85. The van der Waals surface area contributed by atoms with Gasteiger partial charge in [0.15, 0.2) is 0 Å². The molecule has 8 heteroatoms. The van der Waals surface area contributed by atoms with Gasteiger partial charge in [0.2, 0.25) is 15.9 Å². The third kappa shape index (κ3) is 6.25. The molecular formula is C15H22FN3O3S. The van der Waals surface area contributed by atoms with Crippen LogP contribution < -0.4 is 10.5 Å². The molecule has 2 rings (SSSR count). The molecule has 1 aliphatic rings. The Hall–Kier alpha value is -1.51. The van der Waals surface area contributed by atoms with Gasteiger partial charge in [-0.1, -0.05) is 12.5 Å². The highest BCUT2D eigenvalue weighted by Crippen LogP contribution is 2.18. The van der Waals surface area contributed by atoms with Crippen molar-refractivity contribution in [2.24, 2.45) is 5.14 Å². The van der Waals surface area contributed by atoms with Gasteiger partial charge >= 0.3 is 0 Å². The Balaban J connectivity index is 1.86. The minimum Gasteiger partial charge on any atom is -0.326 e. The second-order valence-corrected chi connectivity index (χ2v) is 7.48. The molecule has 1 heterocycles. The number of hydrogen-bond acceptors (Lipinski definition) is 4. The first-order valence-electron chi connectivity index (χ1n) is 7.63. The van der Waals surface area contributed by atoms with Gasteiger partial charge in [-0.3, -0.25) is 9.69 Å². The molecule has 0 aliphatic carbocycles. The van der Waals surface area contributed by atoms with Crippen LogP contribution in [0.4, 0.5) is 10.1 Å². The number of anilines is 1. The van der Waals surface area contributed by atoms with Crippen molar-refractivity contribution < 1.29 is 17.6 Å². The number of sulfonamides is 1. The van der Waals surface area contributed by atoms with Gasteiger partial charge in [0.25, 0.3) is 0 Å². The summed E-state index contributed by atoms with van der Waals surface area (Å²) in [5.74, 6) is -0.721. The minimum atomic E-state index is -3.53. The normalized spacial score (nSPS) is 19.5. The lowest BCUT2D eigenvalue weighted by Crippen LogP contribution is -2.45. The lowest BCUT2D eigenvalue weighted by Gasteiger charge is -2.35. The molecule has 1 aliphatic heterocycles. The maximum absolute atomic E-state index is 13.1. The highest BCUT2D eigenvalue weighted by atomic mass is 32.2. The van der Waals surface area contributed by atoms with Gasteiger partial charge < -0.3 is 5.32 Å². The van der Waals surface area contributed by atoms with E-state index in [-0.39, 0.29) is 24.1 Å². The van der Waals surface area contributed by atoms with E-state index in [1.54, 1.807) is 6.07 Å². The van der Waals surface area contributed by atoms with Crippen molar-refractivity contribution in [2.45, 2.75) is 31.7 Å². The zero-order chi connectivity index (χ0) is 16.9. The summed E-state index contributed by atoms with van der Waals surface area (Å²) in [6.45, 7) is 1.22. The van der Waals surface area contributed by atoms with Gasteiger partial charge in [0, 0.05) is 24.7 Å². The number of carbonyl (C=O) groups excluding carboxylic acids is 1. The van der Waals surface area contributed by atoms with Gasteiger partial charge in [-0.25, -0.2) is 17.9 Å². The first-order valence-corrected chi connectivity index (χ1v) is 9.35. The van der Waals surface area contributed by atoms with E-state index in [2.05, 4.69) is 5.32 Å². The fourth-order valence-corrected chi connectivity index (χ4v) is 3.76. The molecule has 1 unspecified atom stereocenters. The lowest BCUT2D eigenvalue weighted by atomic mass is 10.0. The topological polar surface area (TPSA) is 92.5 Å². The molecule has 1 fully saturated rings. The van der Waals surface area contributed by atoms with Gasteiger partial charge in [-0.15, -0.1) is 0 Å². The zero-order valence-electron chi connectivity index (χ0n) is 12.9. The number of amides is 1. The average Bonchev–Trinajstić information content (AvgIpc) is 2.45. The standard InChI is InChI=1S/C15H22FN3O3S/c16-12-4-3-5-13(10-12)18-15(20)7-9-19-8-2-1-6-14(19)11-23(17,21)22/h3-5,10,14H,1-2,6-9,11H2,(H,18,20)(H2,17,21,22).